The summed E-state index contributed by atoms with van der Waals surface area (Å²) in [5.74, 6) is -1.14. The lowest BCUT2D eigenvalue weighted by atomic mass is 10.1. The third-order valence-electron chi connectivity index (χ3n) is 4.04. The summed E-state index contributed by atoms with van der Waals surface area (Å²) in [6.45, 7) is -3.33. The third kappa shape index (κ3) is 4.51. The predicted octanol–water partition coefficient (Wildman–Crippen LogP) is 3.43. The van der Waals surface area contributed by atoms with E-state index in [-0.39, 0.29) is 29.4 Å². The molecule has 3 rings (SSSR count). The van der Waals surface area contributed by atoms with E-state index >= 15 is 0 Å². The van der Waals surface area contributed by atoms with E-state index in [2.05, 4.69) is 10.1 Å². The number of anilines is 1. The number of alkyl halides is 2. The fourth-order valence-corrected chi connectivity index (χ4v) is 2.70. The molecule has 30 heavy (non-hydrogen) atoms. The number of methoxy groups -OCH3 is 1. The maximum Gasteiger partial charge on any atom is 0.387 e. The standard InChI is InChI=1S/C19H14F2N2O7/c1-28-16-7-10(13(23(26)27)8-17(16)30-19(20)21)2-4-14(24)11-3-5-15-12(6-11)22-18(25)9-29-15/h2-8,19H,9H2,1H3,(H,22,25)/b4-2+. The second-order valence-corrected chi connectivity index (χ2v) is 5.94. The van der Waals surface area contributed by atoms with Gasteiger partial charge in [0.05, 0.1) is 29.4 Å². The molecule has 1 heterocycles. The van der Waals surface area contributed by atoms with Crippen molar-refractivity contribution in [1.82, 2.24) is 0 Å². The second kappa shape index (κ2) is 8.55. The highest BCUT2D eigenvalue weighted by Gasteiger charge is 2.21. The number of rotatable bonds is 7. The van der Waals surface area contributed by atoms with E-state index in [9.17, 15) is 28.5 Å². The number of halogens is 2. The van der Waals surface area contributed by atoms with Crippen LogP contribution in [-0.2, 0) is 4.79 Å². The molecule has 0 fully saturated rings. The Hall–Kier alpha value is -4.02. The average molecular weight is 420 g/mol. The number of ketones is 1. The molecule has 0 aromatic heterocycles. The monoisotopic (exact) mass is 420 g/mol. The molecule has 2 aromatic carbocycles. The minimum absolute atomic E-state index is 0.0542. The van der Waals surface area contributed by atoms with Crippen molar-refractivity contribution >= 4 is 29.1 Å². The fraction of sp³-hybridized carbons (Fsp3) is 0.158. The molecule has 0 saturated heterocycles. The zero-order valence-electron chi connectivity index (χ0n) is 15.4. The minimum Gasteiger partial charge on any atom is -0.493 e. The van der Waals surface area contributed by atoms with Gasteiger partial charge in [0, 0.05) is 5.56 Å². The number of amides is 1. The van der Waals surface area contributed by atoms with Gasteiger partial charge in [-0.3, -0.25) is 19.7 Å². The second-order valence-electron chi connectivity index (χ2n) is 5.94. The molecule has 0 unspecified atom stereocenters. The molecule has 0 aliphatic carbocycles. The van der Waals surface area contributed by atoms with Crippen LogP contribution in [-0.4, -0.2) is 36.9 Å². The summed E-state index contributed by atoms with van der Waals surface area (Å²) < 4.78 is 39.4. The summed E-state index contributed by atoms with van der Waals surface area (Å²) in [6, 6.07) is 6.30. The maximum atomic E-state index is 12.5. The zero-order chi connectivity index (χ0) is 21.8. The number of carbonyl (C=O) groups is 2. The number of nitrogens with one attached hydrogen (secondary N) is 1. The number of nitrogens with zero attached hydrogens (tertiary/aromatic N) is 1. The quantitative estimate of drug-likeness (QED) is 0.316. The van der Waals surface area contributed by atoms with Crippen molar-refractivity contribution in [3.8, 4) is 17.2 Å². The van der Waals surface area contributed by atoms with Crippen LogP contribution in [0, 0.1) is 10.1 Å². The average Bonchev–Trinajstić information content (AvgIpc) is 2.71. The normalized spacial score (nSPS) is 12.9. The number of hydrogen-bond acceptors (Lipinski definition) is 7. The molecule has 1 aliphatic heterocycles. The molecule has 11 heteroatoms. The first-order chi connectivity index (χ1) is 14.3. The van der Waals surface area contributed by atoms with E-state index in [0.29, 0.717) is 11.4 Å². The Morgan fingerprint density at radius 1 is 1.30 bits per heavy atom. The first-order valence-corrected chi connectivity index (χ1v) is 8.39. The molecule has 1 aliphatic rings. The van der Waals surface area contributed by atoms with Gasteiger partial charge in [-0.05, 0) is 36.4 Å². The van der Waals surface area contributed by atoms with Gasteiger partial charge in [0.25, 0.3) is 11.6 Å². The molecule has 9 nitrogen and oxygen atoms in total. The van der Waals surface area contributed by atoms with Crippen molar-refractivity contribution in [2.24, 2.45) is 0 Å². The molecule has 0 atom stereocenters. The lowest BCUT2D eigenvalue weighted by molar-refractivity contribution is -0.385. The summed E-state index contributed by atoms with van der Waals surface area (Å²) in [4.78, 5) is 34.4. The summed E-state index contributed by atoms with van der Waals surface area (Å²) in [5.41, 5.74) is -0.0854. The lowest BCUT2D eigenvalue weighted by Gasteiger charge is -2.17. The van der Waals surface area contributed by atoms with Crippen LogP contribution in [0.2, 0.25) is 0 Å². The molecule has 0 saturated carbocycles. The van der Waals surface area contributed by atoms with Crippen molar-refractivity contribution in [3.05, 3.63) is 57.6 Å². The van der Waals surface area contributed by atoms with Gasteiger partial charge in [0.2, 0.25) is 0 Å². The minimum atomic E-state index is -3.20. The summed E-state index contributed by atoms with van der Waals surface area (Å²) in [5, 5.41) is 13.9. The van der Waals surface area contributed by atoms with E-state index in [1.165, 1.54) is 25.3 Å². The largest absolute Gasteiger partial charge is 0.493 e. The van der Waals surface area contributed by atoms with Crippen molar-refractivity contribution in [1.29, 1.82) is 0 Å². The maximum absolute atomic E-state index is 12.5. The summed E-state index contributed by atoms with van der Waals surface area (Å²) in [6.07, 6.45) is 2.23. The van der Waals surface area contributed by atoms with Gasteiger partial charge >= 0.3 is 6.61 Å². The van der Waals surface area contributed by atoms with Crippen LogP contribution in [0.4, 0.5) is 20.2 Å². The van der Waals surface area contributed by atoms with E-state index < -0.39 is 28.8 Å². The smallest absolute Gasteiger partial charge is 0.387 e. The van der Waals surface area contributed by atoms with Crippen LogP contribution in [0.5, 0.6) is 17.2 Å². The highest BCUT2D eigenvalue weighted by molar-refractivity contribution is 6.08. The Labute approximate surface area is 168 Å². The number of carbonyl (C=O) groups excluding carboxylic acids is 2. The van der Waals surface area contributed by atoms with Gasteiger partial charge in [-0.25, -0.2) is 0 Å². The number of fused-ring (bicyclic) bond motifs is 1. The van der Waals surface area contributed by atoms with E-state index in [1.54, 1.807) is 0 Å². The van der Waals surface area contributed by atoms with Crippen molar-refractivity contribution in [2.75, 3.05) is 19.0 Å². The first kappa shape index (κ1) is 20.7. The fourth-order valence-electron chi connectivity index (χ4n) is 2.70. The van der Waals surface area contributed by atoms with E-state index in [0.717, 1.165) is 24.3 Å². The van der Waals surface area contributed by atoms with Gasteiger partial charge in [-0.2, -0.15) is 8.78 Å². The number of nitro benzene ring substituents is 1. The Morgan fingerprint density at radius 3 is 2.73 bits per heavy atom. The van der Waals surface area contributed by atoms with Crippen LogP contribution >= 0.6 is 0 Å². The number of ether oxygens (including phenoxy) is 3. The van der Waals surface area contributed by atoms with E-state index in [1.807, 2.05) is 0 Å². The highest BCUT2D eigenvalue weighted by Crippen LogP contribution is 2.36. The summed E-state index contributed by atoms with van der Waals surface area (Å²) >= 11 is 0. The molecule has 2 aromatic rings. The van der Waals surface area contributed by atoms with Crippen molar-refractivity contribution < 1.29 is 37.5 Å². The third-order valence-corrected chi connectivity index (χ3v) is 4.04. The topological polar surface area (TPSA) is 117 Å². The van der Waals surface area contributed by atoms with Gasteiger partial charge < -0.3 is 19.5 Å². The molecule has 0 bridgehead atoms. The number of nitro groups is 1. The number of allylic oxidation sites excluding steroid dienone is 1. The molecular formula is C19H14F2N2O7. The van der Waals surface area contributed by atoms with Crippen LogP contribution < -0.4 is 19.5 Å². The predicted molar refractivity (Wildman–Crippen MR) is 100 cm³/mol. The molecule has 156 valence electrons. The Bertz CT molecular complexity index is 1050. The molecule has 0 spiro atoms. The molecule has 1 N–H and O–H groups in total. The summed E-state index contributed by atoms with van der Waals surface area (Å²) in [7, 11) is 1.18. The van der Waals surface area contributed by atoms with Gasteiger partial charge in [0.1, 0.15) is 5.75 Å². The Morgan fingerprint density at radius 2 is 2.07 bits per heavy atom. The van der Waals surface area contributed by atoms with Crippen LogP contribution in [0.25, 0.3) is 6.08 Å². The Balaban J connectivity index is 1.91. The molecular weight excluding hydrogens is 406 g/mol. The van der Waals surface area contributed by atoms with Gasteiger partial charge in [-0.1, -0.05) is 0 Å². The number of hydrogen-bond donors (Lipinski definition) is 1. The Kier molecular flexibility index (Phi) is 5.90. The number of benzene rings is 2. The first-order valence-electron chi connectivity index (χ1n) is 8.39. The zero-order valence-corrected chi connectivity index (χ0v) is 15.4. The van der Waals surface area contributed by atoms with Crippen LogP contribution in [0.15, 0.2) is 36.4 Å². The van der Waals surface area contributed by atoms with Crippen LogP contribution in [0.3, 0.4) is 0 Å². The molecule has 1 amide bonds. The molecule has 0 radical (unpaired) electrons. The van der Waals surface area contributed by atoms with Crippen LogP contribution in [0.1, 0.15) is 15.9 Å². The lowest BCUT2D eigenvalue weighted by Crippen LogP contribution is -2.25. The van der Waals surface area contributed by atoms with Gasteiger partial charge in [-0.15, -0.1) is 0 Å². The SMILES string of the molecule is COc1cc(/C=C/C(=O)c2ccc3c(c2)NC(=O)CO3)c([N+](=O)[O-])cc1OC(F)F. The highest BCUT2D eigenvalue weighted by atomic mass is 19.3. The van der Waals surface area contributed by atoms with Crippen molar-refractivity contribution in [3.63, 3.8) is 0 Å². The van der Waals surface area contributed by atoms with Crippen molar-refractivity contribution in [2.45, 2.75) is 6.61 Å². The van der Waals surface area contributed by atoms with E-state index in [4.69, 9.17) is 9.47 Å². The van der Waals surface area contributed by atoms with Gasteiger partial charge in [0.15, 0.2) is 23.9 Å².